The molecule has 2 rings (SSSR count). The Labute approximate surface area is 69.4 Å². The van der Waals surface area contributed by atoms with Gasteiger partial charge in [0.25, 0.3) is 0 Å². The van der Waals surface area contributed by atoms with E-state index in [0.717, 1.165) is 0 Å². The molecule has 0 aromatic heterocycles. The molecule has 0 N–H and O–H groups in total. The number of halogens is 2. The summed E-state index contributed by atoms with van der Waals surface area (Å²) in [5.74, 6) is 1.02. The first kappa shape index (κ1) is 7.17. The molecule has 2 heterocycles. The fourth-order valence-corrected chi connectivity index (χ4v) is 1.86. The Balaban J connectivity index is 1.95. The van der Waals surface area contributed by atoms with Crippen molar-refractivity contribution in [3.63, 3.8) is 0 Å². The van der Waals surface area contributed by atoms with E-state index in [1.54, 1.807) is 0 Å². The summed E-state index contributed by atoms with van der Waals surface area (Å²) in [6.45, 7) is 0. The van der Waals surface area contributed by atoms with E-state index >= 15 is 0 Å². The van der Waals surface area contributed by atoms with Crippen LogP contribution in [0, 0.1) is 0 Å². The van der Waals surface area contributed by atoms with Crippen LogP contribution in [0.3, 0.4) is 0 Å². The maximum Gasteiger partial charge on any atom is 0.114 e. The van der Waals surface area contributed by atoms with Gasteiger partial charge in [-0.3, -0.25) is 0 Å². The molecular weight excluding hydrogens is 175 g/mol. The van der Waals surface area contributed by atoms with Gasteiger partial charge < -0.3 is 9.47 Å². The zero-order chi connectivity index (χ0) is 7.14. The van der Waals surface area contributed by atoms with Crippen LogP contribution in [0.15, 0.2) is 0 Å². The number of ether oxygens (including phenoxy) is 2. The van der Waals surface area contributed by atoms with Crippen molar-refractivity contribution in [2.75, 3.05) is 11.8 Å². The van der Waals surface area contributed by atoms with Crippen LogP contribution in [0.5, 0.6) is 0 Å². The molecule has 10 heavy (non-hydrogen) atoms. The zero-order valence-electron chi connectivity index (χ0n) is 5.30. The Morgan fingerprint density at radius 3 is 1.70 bits per heavy atom. The first-order chi connectivity index (χ1) is 4.86. The lowest BCUT2D eigenvalue weighted by Crippen LogP contribution is -2.22. The van der Waals surface area contributed by atoms with Crippen molar-refractivity contribution in [3.8, 4) is 0 Å². The lowest BCUT2D eigenvalue weighted by atomic mass is 10.2. The normalized spacial score (nSPS) is 51.0. The molecule has 2 saturated heterocycles. The van der Waals surface area contributed by atoms with E-state index in [9.17, 15) is 0 Å². The zero-order valence-corrected chi connectivity index (χ0v) is 6.81. The first-order valence-electron chi connectivity index (χ1n) is 3.29. The summed E-state index contributed by atoms with van der Waals surface area (Å²) in [5, 5.41) is 0. The van der Waals surface area contributed by atoms with Crippen molar-refractivity contribution in [1.29, 1.82) is 0 Å². The fourth-order valence-electron chi connectivity index (χ4n) is 1.36. The molecule has 4 atom stereocenters. The maximum atomic E-state index is 5.60. The number of fused-ring (bicyclic) bond motifs is 1. The summed E-state index contributed by atoms with van der Waals surface area (Å²) in [6, 6.07) is 0. The Hall–Kier alpha value is 0.500. The summed E-state index contributed by atoms with van der Waals surface area (Å²) in [6.07, 6.45) is 0.633. The highest BCUT2D eigenvalue weighted by molar-refractivity contribution is 6.18. The van der Waals surface area contributed by atoms with Gasteiger partial charge in [-0.1, -0.05) is 0 Å². The molecule has 58 valence electrons. The van der Waals surface area contributed by atoms with Crippen molar-refractivity contribution in [2.45, 2.75) is 24.4 Å². The second-order valence-corrected chi connectivity index (χ2v) is 3.20. The van der Waals surface area contributed by atoms with Gasteiger partial charge in [0.1, 0.15) is 24.4 Å². The average molecular weight is 183 g/mol. The molecule has 0 saturated carbocycles. The fraction of sp³-hybridized carbons (Fsp3) is 1.00. The second kappa shape index (κ2) is 2.52. The van der Waals surface area contributed by atoms with Gasteiger partial charge in [-0.15, -0.1) is 23.2 Å². The van der Waals surface area contributed by atoms with E-state index in [2.05, 4.69) is 0 Å². The molecular formula is C6H8Cl2O2. The minimum atomic E-state index is 0.0791. The second-order valence-electron chi connectivity index (χ2n) is 2.59. The third-order valence-electron chi connectivity index (χ3n) is 1.95. The quantitative estimate of drug-likeness (QED) is 0.470. The highest BCUT2D eigenvalue weighted by atomic mass is 35.5. The van der Waals surface area contributed by atoms with Crippen LogP contribution in [0.2, 0.25) is 0 Å². The van der Waals surface area contributed by atoms with Gasteiger partial charge in [-0.25, -0.2) is 0 Å². The van der Waals surface area contributed by atoms with E-state index in [4.69, 9.17) is 32.7 Å². The molecule has 1 unspecified atom stereocenters. The molecule has 0 radical (unpaired) electrons. The standard InChI is InChI=1S/C6H8Cl2O2/c7-1-3-5-6(10-5)4(2-8)9-3/h3-6H,1-2H2/t3-,4?,5+,6+/m1/s1. The Kier molecular flexibility index (Phi) is 1.81. The van der Waals surface area contributed by atoms with Crippen LogP contribution in [0.25, 0.3) is 0 Å². The van der Waals surface area contributed by atoms with E-state index in [-0.39, 0.29) is 24.4 Å². The van der Waals surface area contributed by atoms with Crippen molar-refractivity contribution >= 4 is 23.2 Å². The van der Waals surface area contributed by atoms with Crippen LogP contribution in [-0.2, 0) is 9.47 Å². The molecule has 2 nitrogen and oxygen atoms in total. The van der Waals surface area contributed by atoms with Gasteiger partial charge in [-0.05, 0) is 0 Å². The van der Waals surface area contributed by atoms with Gasteiger partial charge in [0.2, 0.25) is 0 Å². The van der Waals surface area contributed by atoms with Crippen molar-refractivity contribution in [2.24, 2.45) is 0 Å². The summed E-state index contributed by atoms with van der Waals surface area (Å²) in [4.78, 5) is 0. The predicted octanol–water partition coefficient (Wildman–Crippen LogP) is 0.999. The van der Waals surface area contributed by atoms with Gasteiger partial charge in [0.05, 0.1) is 11.8 Å². The summed E-state index contributed by atoms with van der Waals surface area (Å²) in [5.41, 5.74) is 0. The number of rotatable bonds is 2. The lowest BCUT2D eigenvalue weighted by Gasteiger charge is -2.12. The summed E-state index contributed by atoms with van der Waals surface area (Å²) in [7, 11) is 0. The smallest absolute Gasteiger partial charge is 0.114 e. The molecule has 0 aromatic rings. The number of hydrogen-bond acceptors (Lipinski definition) is 2. The third kappa shape index (κ3) is 0.944. The van der Waals surface area contributed by atoms with E-state index in [1.807, 2.05) is 0 Å². The Bertz CT molecular complexity index is 128. The molecule has 2 fully saturated rings. The van der Waals surface area contributed by atoms with Crippen LogP contribution in [-0.4, -0.2) is 36.2 Å². The first-order valence-corrected chi connectivity index (χ1v) is 4.36. The lowest BCUT2D eigenvalue weighted by molar-refractivity contribution is -0.00738. The predicted molar refractivity (Wildman–Crippen MR) is 38.8 cm³/mol. The van der Waals surface area contributed by atoms with Gasteiger partial charge in [0.15, 0.2) is 0 Å². The molecule has 0 bridgehead atoms. The van der Waals surface area contributed by atoms with Crippen LogP contribution < -0.4 is 0 Å². The molecule has 0 spiro atoms. The topological polar surface area (TPSA) is 21.8 Å². The molecule has 0 aliphatic carbocycles. The van der Waals surface area contributed by atoms with Crippen LogP contribution in [0.1, 0.15) is 0 Å². The third-order valence-corrected chi connectivity index (χ3v) is 2.56. The van der Waals surface area contributed by atoms with E-state index in [0.29, 0.717) is 11.8 Å². The van der Waals surface area contributed by atoms with Gasteiger partial charge in [-0.2, -0.15) is 0 Å². The van der Waals surface area contributed by atoms with Crippen molar-refractivity contribution in [1.82, 2.24) is 0 Å². The van der Waals surface area contributed by atoms with Gasteiger partial charge >= 0.3 is 0 Å². The molecule has 0 aromatic carbocycles. The summed E-state index contributed by atoms with van der Waals surface area (Å²) >= 11 is 11.2. The maximum absolute atomic E-state index is 5.60. The van der Waals surface area contributed by atoms with Crippen molar-refractivity contribution < 1.29 is 9.47 Å². The average Bonchev–Trinajstić information content (AvgIpc) is 2.67. The molecule has 4 heteroatoms. The minimum Gasteiger partial charge on any atom is -0.367 e. The highest BCUT2D eigenvalue weighted by Gasteiger charge is 2.57. The Morgan fingerprint density at radius 2 is 1.40 bits per heavy atom. The monoisotopic (exact) mass is 182 g/mol. The summed E-state index contributed by atoms with van der Waals surface area (Å²) < 4.78 is 10.7. The van der Waals surface area contributed by atoms with E-state index < -0.39 is 0 Å². The molecule has 0 amide bonds. The number of epoxide rings is 1. The number of alkyl halides is 2. The van der Waals surface area contributed by atoms with E-state index in [1.165, 1.54) is 0 Å². The Morgan fingerprint density at radius 1 is 0.900 bits per heavy atom. The largest absolute Gasteiger partial charge is 0.367 e. The SMILES string of the molecule is ClCC1O[C@H](CCl)[C@@H]2O[C@@H]12. The molecule has 2 aliphatic heterocycles. The number of hydrogen-bond donors (Lipinski definition) is 0. The van der Waals surface area contributed by atoms with Crippen LogP contribution >= 0.6 is 23.2 Å². The van der Waals surface area contributed by atoms with Gasteiger partial charge in [0, 0.05) is 0 Å². The van der Waals surface area contributed by atoms with Crippen LogP contribution in [0.4, 0.5) is 0 Å². The molecule has 2 aliphatic rings. The highest BCUT2D eigenvalue weighted by Crippen LogP contribution is 2.39. The van der Waals surface area contributed by atoms with Crippen molar-refractivity contribution in [3.05, 3.63) is 0 Å². The minimum absolute atomic E-state index is 0.0791.